The highest BCUT2D eigenvalue weighted by molar-refractivity contribution is 5.93. The zero-order valence-corrected chi connectivity index (χ0v) is 10.3. The molecule has 0 atom stereocenters. The standard InChI is InChI=1S/C15H15N3/c1-11-6-7-14(13-5-3-9-17-15(11)13)18-10-12-4-2-8-16-12/h2-9,16,18H,10H2,1H3. The maximum Gasteiger partial charge on any atom is 0.0751 e. The van der Waals surface area contributed by atoms with Crippen molar-refractivity contribution in [2.75, 3.05) is 5.32 Å². The van der Waals surface area contributed by atoms with Crippen LogP contribution >= 0.6 is 0 Å². The number of rotatable bonds is 3. The fraction of sp³-hybridized carbons (Fsp3) is 0.133. The van der Waals surface area contributed by atoms with Crippen molar-refractivity contribution in [1.29, 1.82) is 0 Å². The van der Waals surface area contributed by atoms with E-state index in [1.165, 1.54) is 16.6 Å². The molecule has 0 saturated carbocycles. The van der Waals surface area contributed by atoms with Crippen LogP contribution in [0.5, 0.6) is 0 Å². The van der Waals surface area contributed by atoms with Crippen molar-refractivity contribution >= 4 is 16.6 Å². The van der Waals surface area contributed by atoms with Gasteiger partial charge >= 0.3 is 0 Å². The van der Waals surface area contributed by atoms with Gasteiger partial charge in [0.05, 0.1) is 12.1 Å². The van der Waals surface area contributed by atoms with Gasteiger partial charge in [-0.1, -0.05) is 6.07 Å². The summed E-state index contributed by atoms with van der Waals surface area (Å²) in [6.07, 6.45) is 3.77. The average Bonchev–Trinajstić information content (AvgIpc) is 2.92. The van der Waals surface area contributed by atoms with Crippen LogP contribution in [0, 0.1) is 6.92 Å². The van der Waals surface area contributed by atoms with Crippen LogP contribution in [0.4, 0.5) is 5.69 Å². The highest BCUT2D eigenvalue weighted by Crippen LogP contribution is 2.24. The Balaban J connectivity index is 1.94. The molecule has 0 fully saturated rings. The molecular formula is C15H15N3. The van der Waals surface area contributed by atoms with E-state index in [9.17, 15) is 0 Å². The number of nitrogens with one attached hydrogen (secondary N) is 2. The first kappa shape index (κ1) is 10.8. The Kier molecular flexibility index (Phi) is 2.73. The smallest absolute Gasteiger partial charge is 0.0751 e. The number of pyridine rings is 1. The second kappa shape index (κ2) is 4.53. The van der Waals surface area contributed by atoms with Crippen LogP contribution < -0.4 is 5.32 Å². The van der Waals surface area contributed by atoms with Gasteiger partial charge in [0.25, 0.3) is 0 Å². The minimum atomic E-state index is 0.792. The summed E-state index contributed by atoms with van der Waals surface area (Å²) in [4.78, 5) is 7.63. The lowest BCUT2D eigenvalue weighted by Crippen LogP contribution is -2.00. The van der Waals surface area contributed by atoms with Crippen molar-refractivity contribution < 1.29 is 0 Å². The minimum absolute atomic E-state index is 0.792. The molecule has 2 heterocycles. The maximum absolute atomic E-state index is 4.44. The molecule has 2 N–H and O–H groups in total. The third-order valence-corrected chi connectivity index (χ3v) is 3.10. The number of hydrogen-bond donors (Lipinski definition) is 2. The maximum atomic E-state index is 4.44. The van der Waals surface area contributed by atoms with E-state index < -0.39 is 0 Å². The van der Waals surface area contributed by atoms with Crippen molar-refractivity contribution in [1.82, 2.24) is 9.97 Å². The first-order valence-corrected chi connectivity index (χ1v) is 6.05. The quantitative estimate of drug-likeness (QED) is 0.732. The van der Waals surface area contributed by atoms with E-state index in [4.69, 9.17) is 0 Å². The molecule has 3 nitrogen and oxygen atoms in total. The van der Waals surface area contributed by atoms with Gasteiger partial charge in [0.1, 0.15) is 0 Å². The van der Waals surface area contributed by atoms with Gasteiger partial charge < -0.3 is 10.3 Å². The Morgan fingerprint density at radius 2 is 2.11 bits per heavy atom. The Morgan fingerprint density at radius 3 is 2.94 bits per heavy atom. The number of benzene rings is 1. The average molecular weight is 237 g/mol. The number of hydrogen-bond acceptors (Lipinski definition) is 2. The van der Waals surface area contributed by atoms with Gasteiger partial charge in [-0.2, -0.15) is 0 Å². The molecule has 0 unspecified atom stereocenters. The van der Waals surface area contributed by atoms with E-state index in [1.54, 1.807) is 0 Å². The van der Waals surface area contributed by atoms with Crippen molar-refractivity contribution in [2.45, 2.75) is 13.5 Å². The summed E-state index contributed by atoms with van der Waals surface area (Å²) in [6, 6.07) is 12.4. The first-order chi connectivity index (χ1) is 8.84. The lowest BCUT2D eigenvalue weighted by atomic mass is 10.1. The van der Waals surface area contributed by atoms with Crippen molar-refractivity contribution in [3.63, 3.8) is 0 Å². The molecule has 0 radical (unpaired) electrons. The molecule has 1 aromatic carbocycles. The van der Waals surface area contributed by atoms with Gasteiger partial charge in [0, 0.05) is 29.2 Å². The van der Waals surface area contributed by atoms with E-state index >= 15 is 0 Å². The van der Waals surface area contributed by atoms with Crippen LogP contribution in [0.3, 0.4) is 0 Å². The molecule has 0 saturated heterocycles. The molecule has 18 heavy (non-hydrogen) atoms. The lowest BCUT2D eigenvalue weighted by molar-refractivity contribution is 1.08. The SMILES string of the molecule is Cc1ccc(NCc2ccc[nH]2)c2cccnc12. The third-order valence-electron chi connectivity index (χ3n) is 3.10. The molecule has 0 aliphatic rings. The molecule has 0 bridgehead atoms. The van der Waals surface area contributed by atoms with Gasteiger partial charge in [-0.3, -0.25) is 4.98 Å². The summed E-state index contributed by atoms with van der Waals surface area (Å²) < 4.78 is 0. The van der Waals surface area contributed by atoms with E-state index in [0.717, 1.165) is 17.7 Å². The Labute approximate surface area is 106 Å². The monoisotopic (exact) mass is 237 g/mol. The van der Waals surface area contributed by atoms with Gasteiger partial charge in [-0.05, 0) is 42.8 Å². The predicted octanol–water partition coefficient (Wildman–Crippen LogP) is 3.48. The Hall–Kier alpha value is -2.29. The highest BCUT2D eigenvalue weighted by Gasteiger charge is 2.03. The van der Waals surface area contributed by atoms with Crippen LogP contribution in [0.2, 0.25) is 0 Å². The van der Waals surface area contributed by atoms with Gasteiger partial charge in [-0.25, -0.2) is 0 Å². The minimum Gasteiger partial charge on any atom is -0.379 e. The molecule has 0 spiro atoms. The number of fused-ring (bicyclic) bond motifs is 1. The molecule has 2 aromatic heterocycles. The number of anilines is 1. The molecule has 0 aliphatic heterocycles. The fourth-order valence-electron chi connectivity index (χ4n) is 2.14. The second-order valence-electron chi connectivity index (χ2n) is 4.38. The molecule has 0 amide bonds. The normalized spacial score (nSPS) is 10.7. The number of nitrogens with zero attached hydrogens (tertiary/aromatic N) is 1. The summed E-state index contributed by atoms with van der Waals surface area (Å²) in [5.74, 6) is 0. The fourth-order valence-corrected chi connectivity index (χ4v) is 2.14. The van der Waals surface area contributed by atoms with Crippen LogP contribution in [0.15, 0.2) is 48.8 Å². The molecule has 3 heteroatoms. The molecule has 3 aromatic rings. The predicted molar refractivity (Wildman–Crippen MR) is 74.6 cm³/mol. The van der Waals surface area contributed by atoms with Crippen LogP contribution in [0.25, 0.3) is 10.9 Å². The number of aryl methyl sites for hydroxylation is 1. The largest absolute Gasteiger partial charge is 0.379 e. The van der Waals surface area contributed by atoms with E-state index in [0.29, 0.717) is 0 Å². The van der Waals surface area contributed by atoms with Crippen LogP contribution in [0.1, 0.15) is 11.3 Å². The second-order valence-corrected chi connectivity index (χ2v) is 4.38. The Bertz CT molecular complexity index is 657. The number of H-pyrrole nitrogens is 1. The van der Waals surface area contributed by atoms with Crippen LogP contribution in [-0.4, -0.2) is 9.97 Å². The summed E-state index contributed by atoms with van der Waals surface area (Å²) in [5.41, 5.74) is 4.57. The first-order valence-electron chi connectivity index (χ1n) is 6.05. The van der Waals surface area contributed by atoms with E-state index in [2.05, 4.69) is 46.5 Å². The zero-order valence-electron chi connectivity index (χ0n) is 10.3. The van der Waals surface area contributed by atoms with Gasteiger partial charge in [0.15, 0.2) is 0 Å². The van der Waals surface area contributed by atoms with Gasteiger partial charge in [-0.15, -0.1) is 0 Å². The van der Waals surface area contributed by atoms with E-state index in [1.807, 2.05) is 24.5 Å². The topological polar surface area (TPSA) is 40.7 Å². The molecule has 3 rings (SSSR count). The summed E-state index contributed by atoms with van der Waals surface area (Å²) in [6.45, 7) is 2.88. The summed E-state index contributed by atoms with van der Waals surface area (Å²) in [5, 5.41) is 4.62. The summed E-state index contributed by atoms with van der Waals surface area (Å²) in [7, 11) is 0. The third kappa shape index (κ3) is 1.95. The van der Waals surface area contributed by atoms with Crippen molar-refractivity contribution in [3.8, 4) is 0 Å². The molecule has 90 valence electrons. The zero-order chi connectivity index (χ0) is 12.4. The highest BCUT2D eigenvalue weighted by atomic mass is 14.9. The van der Waals surface area contributed by atoms with Crippen molar-refractivity contribution in [2.24, 2.45) is 0 Å². The van der Waals surface area contributed by atoms with Crippen molar-refractivity contribution in [3.05, 3.63) is 60.0 Å². The van der Waals surface area contributed by atoms with Gasteiger partial charge in [0.2, 0.25) is 0 Å². The number of aromatic amines is 1. The number of aromatic nitrogens is 2. The Morgan fingerprint density at radius 1 is 1.17 bits per heavy atom. The van der Waals surface area contributed by atoms with Crippen LogP contribution in [-0.2, 0) is 6.54 Å². The lowest BCUT2D eigenvalue weighted by Gasteiger charge is -2.10. The summed E-state index contributed by atoms with van der Waals surface area (Å²) >= 11 is 0. The molecular weight excluding hydrogens is 222 g/mol. The van der Waals surface area contributed by atoms with E-state index in [-0.39, 0.29) is 0 Å². The molecule has 0 aliphatic carbocycles.